The van der Waals surface area contributed by atoms with E-state index in [0.29, 0.717) is 5.56 Å². The smallest absolute Gasteiger partial charge is 0.326 e. The molecule has 0 saturated heterocycles. The molecule has 4 rings (SSSR count). The van der Waals surface area contributed by atoms with Gasteiger partial charge >= 0.3 is 12.1 Å². The van der Waals surface area contributed by atoms with Crippen LogP contribution in [0.15, 0.2) is 59.6 Å². The molecule has 0 bridgehead atoms. The van der Waals surface area contributed by atoms with Crippen LogP contribution >= 0.6 is 23.2 Å². The number of fused-ring (bicyclic) bond motifs is 1. The Morgan fingerprint density at radius 2 is 1.78 bits per heavy atom. The predicted molar refractivity (Wildman–Crippen MR) is 131 cm³/mol. The highest BCUT2D eigenvalue weighted by molar-refractivity contribution is 7.92. The molecule has 2 heterocycles. The Kier molecular flexibility index (Phi) is 6.95. The van der Waals surface area contributed by atoms with Gasteiger partial charge in [-0.1, -0.05) is 41.4 Å². The minimum absolute atomic E-state index is 0.00106. The quantitative estimate of drug-likeness (QED) is 0.486. The van der Waals surface area contributed by atoms with Gasteiger partial charge in [-0.3, -0.25) is 19.0 Å². The van der Waals surface area contributed by atoms with Gasteiger partial charge in [-0.05, 0) is 42.8 Å². The van der Waals surface area contributed by atoms with Crippen molar-refractivity contribution in [3.05, 3.63) is 76.0 Å². The van der Waals surface area contributed by atoms with Crippen LogP contribution in [-0.2, 0) is 21.2 Å². The van der Waals surface area contributed by atoms with Crippen molar-refractivity contribution in [2.24, 2.45) is 5.73 Å². The summed E-state index contributed by atoms with van der Waals surface area (Å²) in [5, 5.41) is -0.437. The number of carbonyl (C=O) groups excluding carboxylic acids is 1. The number of aromatic nitrogens is 1. The van der Waals surface area contributed by atoms with Crippen LogP contribution in [0.5, 0.6) is 0 Å². The fraction of sp³-hybridized carbons (Fsp3) is 0.217. The van der Waals surface area contributed by atoms with E-state index in [0.717, 1.165) is 16.6 Å². The topological polar surface area (TPSA) is 96.6 Å². The number of nitrogens with zero attached hydrogens (tertiary/aromatic N) is 3. The van der Waals surface area contributed by atoms with Crippen LogP contribution in [0.3, 0.4) is 0 Å². The lowest BCUT2D eigenvalue weighted by Crippen LogP contribution is -2.46. The summed E-state index contributed by atoms with van der Waals surface area (Å²) < 4.78 is 69.0. The first-order valence-electron chi connectivity index (χ1n) is 10.5. The van der Waals surface area contributed by atoms with Gasteiger partial charge < -0.3 is 5.73 Å². The van der Waals surface area contributed by atoms with Gasteiger partial charge in [0.05, 0.1) is 43.9 Å². The molecular weight excluding hydrogens is 540 g/mol. The van der Waals surface area contributed by atoms with Gasteiger partial charge in [-0.25, -0.2) is 8.42 Å². The van der Waals surface area contributed by atoms with E-state index in [1.54, 1.807) is 19.1 Å². The lowest BCUT2D eigenvalue weighted by molar-refractivity contribution is -0.169. The molecule has 2 N–H and O–H groups in total. The van der Waals surface area contributed by atoms with Gasteiger partial charge in [0.1, 0.15) is 0 Å². The number of hydrogen-bond donors (Lipinski definition) is 1. The zero-order chi connectivity index (χ0) is 26.4. The Hall–Kier alpha value is -2.86. The van der Waals surface area contributed by atoms with Crippen molar-refractivity contribution in [3.8, 4) is 0 Å². The van der Waals surface area contributed by atoms with Crippen LogP contribution in [-0.4, -0.2) is 38.1 Å². The third kappa shape index (κ3) is 4.88. The van der Waals surface area contributed by atoms with Crippen LogP contribution in [0.4, 0.5) is 30.2 Å². The summed E-state index contributed by atoms with van der Waals surface area (Å²) >= 11 is 12.3. The first-order valence-corrected chi connectivity index (χ1v) is 12.7. The van der Waals surface area contributed by atoms with E-state index in [-0.39, 0.29) is 49.9 Å². The molecule has 0 aliphatic carbocycles. The molecule has 1 aromatic heterocycles. The second-order valence-corrected chi connectivity index (χ2v) is 10.9. The predicted octanol–water partition coefficient (Wildman–Crippen LogP) is 5.00. The van der Waals surface area contributed by atoms with Crippen molar-refractivity contribution in [3.63, 3.8) is 0 Å². The van der Waals surface area contributed by atoms with Gasteiger partial charge in [-0.15, -0.1) is 0 Å². The molecule has 0 fully saturated rings. The number of nitrogens with two attached hydrogens (primary N) is 1. The van der Waals surface area contributed by atoms with Crippen molar-refractivity contribution in [1.82, 2.24) is 4.98 Å². The van der Waals surface area contributed by atoms with E-state index in [1.165, 1.54) is 30.3 Å². The second-order valence-electron chi connectivity index (χ2n) is 8.18. The number of carbonyl (C=O) groups is 1. The Bertz CT molecular complexity index is 1430. The monoisotopic (exact) mass is 558 g/mol. The third-order valence-corrected chi connectivity index (χ3v) is 7.89. The molecular formula is C23H19Cl2F3N4O3S. The minimum Gasteiger partial charge on any atom is -0.326 e. The molecule has 1 unspecified atom stereocenters. The first-order chi connectivity index (χ1) is 16.8. The van der Waals surface area contributed by atoms with Crippen molar-refractivity contribution in [2.45, 2.75) is 30.5 Å². The third-order valence-electron chi connectivity index (χ3n) is 5.50. The van der Waals surface area contributed by atoms with Gasteiger partial charge in [0, 0.05) is 19.0 Å². The van der Waals surface area contributed by atoms with Crippen LogP contribution in [0.1, 0.15) is 11.3 Å². The summed E-state index contributed by atoms with van der Waals surface area (Å²) in [6.07, 6.45) is -4.10. The summed E-state index contributed by atoms with van der Waals surface area (Å²) in [6.45, 7) is 1.58. The lowest BCUT2D eigenvalue weighted by atomic mass is 10.1. The summed E-state index contributed by atoms with van der Waals surface area (Å²) in [5.41, 5.74) is 6.24. The number of pyridine rings is 1. The van der Waals surface area contributed by atoms with E-state index in [4.69, 9.17) is 28.9 Å². The van der Waals surface area contributed by atoms with Crippen molar-refractivity contribution < 1.29 is 26.4 Å². The summed E-state index contributed by atoms with van der Waals surface area (Å²) in [6, 6.07) is 10.7. The zero-order valence-electron chi connectivity index (χ0n) is 18.6. The number of alkyl halides is 3. The SMILES string of the molecule is Cc1cccc(S(=O)(=O)N2CC(N)Cc3ncc(N(C(=O)C(F)(F)F)c4c(Cl)cccc4Cl)cc32)c1. The Morgan fingerprint density at radius 3 is 2.39 bits per heavy atom. The van der Waals surface area contributed by atoms with Crippen molar-refractivity contribution in [2.75, 3.05) is 15.7 Å². The normalized spacial score (nSPS) is 16.0. The minimum atomic E-state index is -5.30. The number of rotatable bonds is 4. The molecule has 1 aliphatic heterocycles. The standard InChI is InChI=1S/C23H19Cl2F3N4O3S/c1-13-4-2-5-16(8-13)36(34,35)31-12-14(29)9-19-20(31)10-15(11-30-19)32(22(33)23(26,27)28)21-17(24)6-3-7-18(21)25/h2-8,10-11,14H,9,12,29H2,1H3. The van der Waals surface area contributed by atoms with E-state index in [9.17, 15) is 26.4 Å². The highest BCUT2D eigenvalue weighted by Gasteiger charge is 2.45. The van der Waals surface area contributed by atoms with Crippen LogP contribution in [0.2, 0.25) is 10.0 Å². The van der Waals surface area contributed by atoms with Gasteiger partial charge in [0.2, 0.25) is 0 Å². The molecule has 1 amide bonds. The molecule has 0 saturated carbocycles. The molecule has 7 nitrogen and oxygen atoms in total. The number of benzene rings is 2. The van der Waals surface area contributed by atoms with E-state index < -0.39 is 33.8 Å². The number of para-hydroxylation sites is 1. The van der Waals surface area contributed by atoms with Crippen molar-refractivity contribution in [1.29, 1.82) is 0 Å². The first kappa shape index (κ1) is 26.2. The van der Waals surface area contributed by atoms with E-state index in [2.05, 4.69) is 4.98 Å². The molecule has 13 heteroatoms. The molecule has 3 aromatic rings. The maximum absolute atomic E-state index is 13.6. The van der Waals surface area contributed by atoms with Crippen LogP contribution in [0, 0.1) is 6.92 Å². The number of halogens is 5. The maximum atomic E-state index is 13.6. The zero-order valence-corrected chi connectivity index (χ0v) is 21.0. The number of anilines is 3. The maximum Gasteiger partial charge on any atom is 0.472 e. The van der Waals surface area contributed by atoms with E-state index >= 15 is 0 Å². The molecule has 1 aliphatic rings. The fourth-order valence-corrected chi connectivity index (χ4v) is 6.11. The fourth-order valence-electron chi connectivity index (χ4n) is 3.90. The Balaban J connectivity index is 1.92. The summed E-state index contributed by atoms with van der Waals surface area (Å²) in [5.74, 6) is -2.28. The van der Waals surface area contributed by atoms with Crippen LogP contribution < -0.4 is 14.9 Å². The summed E-state index contributed by atoms with van der Waals surface area (Å²) in [7, 11) is -4.17. The molecule has 36 heavy (non-hydrogen) atoms. The summed E-state index contributed by atoms with van der Waals surface area (Å²) in [4.78, 5) is 17.0. The van der Waals surface area contributed by atoms with Gasteiger partial charge in [-0.2, -0.15) is 13.2 Å². The van der Waals surface area contributed by atoms with Crippen molar-refractivity contribution >= 4 is 56.2 Å². The molecule has 1 atom stereocenters. The number of sulfonamides is 1. The molecule has 190 valence electrons. The molecule has 2 aromatic carbocycles. The largest absolute Gasteiger partial charge is 0.472 e. The van der Waals surface area contributed by atoms with Crippen LogP contribution in [0.25, 0.3) is 0 Å². The highest BCUT2D eigenvalue weighted by atomic mass is 35.5. The average Bonchev–Trinajstić information content (AvgIpc) is 2.80. The number of hydrogen-bond acceptors (Lipinski definition) is 5. The van der Waals surface area contributed by atoms with Gasteiger partial charge in [0.25, 0.3) is 10.0 Å². The van der Waals surface area contributed by atoms with Gasteiger partial charge in [0.15, 0.2) is 0 Å². The molecule has 0 radical (unpaired) electrons. The van der Waals surface area contributed by atoms with E-state index in [1.807, 2.05) is 0 Å². The molecule has 0 spiro atoms. The highest BCUT2D eigenvalue weighted by Crippen LogP contribution is 2.42. The Labute approximate surface area is 215 Å². The lowest BCUT2D eigenvalue weighted by Gasteiger charge is -2.34. The second kappa shape index (κ2) is 9.55. The Morgan fingerprint density at radius 1 is 1.14 bits per heavy atom. The number of aryl methyl sites for hydroxylation is 1. The number of amides is 1. The average molecular weight is 559 g/mol.